The van der Waals surface area contributed by atoms with Gasteiger partial charge in [-0.1, -0.05) is 27.7 Å². The SMILES string of the molecule is CC(C)CC(C)(C(=O)OC(C)CC(C)(O)C(F)(F)F)C(C)C. The minimum Gasteiger partial charge on any atom is -0.462 e. The Morgan fingerprint density at radius 3 is 1.82 bits per heavy atom. The summed E-state index contributed by atoms with van der Waals surface area (Å²) in [5.41, 5.74) is -3.63. The Hall–Kier alpha value is -0.780. The number of ether oxygens (including phenoxy) is 1. The summed E-state index contributed by atoms with van der Waals surface area (Å²) in [6.45, 7) is 11.6. The average Bonchev–Trinajstić information content (AvgIpc) is 2.24. The van der Waals surface area contributed by atoms with E-state index in [-0.39, 0.29) is 11.8 Å². The third kappa shape index (κ3) is 5.45. The zero-order valence-corrected chi connectivity index (χ0v) is 14.5. The quantitative estimate of drug-likeness (QED) is 0.708. The van der Waals surface area contributed by atoms with E-state index in [4.69, 9.17) is 4.74 Å². The predicted octanol–water partition coefficient (Wildman–Crippen LogP) is 4.33. The Kier molecular flexibility index (Phi) is 6.94. The number of alkyl halides is 3. The van der Waals surface area contributed by atoms with Gasteiger partial charge in [0.05, 0.1) is 5.41 Å². The first-order chi connectivity index (χ1) is 9.63. The molecule has 0 aromatic carbocycles. The number of carbonyl (C=O) groups excluding carboxylic acids is 1. The number of esters is 1. The first kappa shape index (κ1) is 21.2. The zero-order chi connectivity index (χ0) is 17.9. The summed E-state index contributed by atoms with van der Waals surface area (Å²) < 4.78 is 43.2. The van der Waals surface area contributed by atoms with Crippen LogP contribution in [-0.2, 0) is 9.53 Å². The highest BCUT2D eigenvalue weighted by Crippen LogP contribution is 2.38. The molecule has 0 aliphatic carbocycles. The molecule has 132 valence electrons. The van der Waals surface area contributed by atoms with Crippen molar-refractivity contribution in [1.29, 1.82) is 0 Å². The fraction of sp³-hybridized carbons (Fsp3) is 0.938. The van der Waals surface area contributed by atoms with Gasteiger partial charge in [0.15, 0.2) is 5.60 Å². The lowest BCUT2D eigenvalue weighted by atomic mass is 9.73. The highest BCUT2D eigenvalue weighted by atomic mass is 19.4. The van der Waals surface area contributed by atoms with E-state index < -0.39 is 35.7 Å². The van der Waals surface area contributed by atoms with Crippen LogP contribution in [0.5, 0.6) is 0 Å². The molecule has 3 nitrogen and oxygen atoms in total. The number of halogens is 3. The Bertz CT molecular complexity index is 375. The molecule has 0 rings (SSSR count). The van der Waals surface area contributed by atoms with Crippen LogP contribution in [0.25, 0.3) is 0 Å². The van der Waals surface area contributed by atoms with Gasteiger partial charge in [-0.05, 0) is 39.0 Å². The molecule has 0 aliphatic heterocycles. The molecule has 3 unspecified atom stereocenters. The summed E-state index contributed by atoms with van der Waals surface area (Å²) >= 11 is 0. The van der Waals surface area contributed by atoms with Crippen molar-refractivity contribution in [2.24, 2.45) is 17.3 Å². The lowest BCUT2D eigenvalue weighted by molar-refractivity contribution is -0.261. The maximum atomic E-state index is 12.7. The third-order valence-corrected chi connectivity index (χ3v) is 4.18. The van der Waals surface area contributed by atoms with E-state index >= 15 is 0 Å². The van der Waals surface area contributed by atoms with Crippen LogP contribution in [0.1, 0.15) is 61.3 Å². The molecule has 0 fully saturated rings. The summed E-state index contributed by atoms with van der Waals surface area (Å²) in [5.74, 6) is -0.257. The fourth-order valence-electron chi connectivity index (χ4n) is 2.44. The summed E-state index contributed by atoms with van der Waals surface area (Å²) in [4.78, 5) is 12.4. The van der Waals surface area contributed by atoms with Gasteiger partial charge in [-0.2, -0.15) is 13.2 Å². The third-order valence-electron chi connectivity index (χ3n) is 4.18. The van der Waals surface area contributed by atoms with Gasteiger partial charge in [0.1, 0.15) is 6.10 Å². The molecule has 22 heavy (non-hydrogen) atoms. The standard InChI is InChI=1S/C16H29F3O3/c1-10(2)8-14(6,11(3)4)13(20)22-12(5)9-15(7,21)16(17,18)19/h10-12,21H,8-9H2,1-7H3. The summed E-state index contributed by atoms with van der Waals surface area (Å²) in [6, 6.07) is 0. The minimum atomic E-state index is -4.76. The molecular weight excluding hydrogens is 297 g/mol. The normalized spacial score (nSPS) is 19.7. The van der Waals surface area contributed by atoms with Gasteiger partial charge >= 0.3 is 12.1 Å². The van der Waals surface area contributed by atoms with Crippen LogP contribution < -0.4 is 0 Å². The van der Waals surface area contributed by atoms with E-state index in [0.717, 1.165) is 0 Å². The summed E-state index contributed by atoms with van der Waals surface area (Å²) in [6.07, 6.45) is -5.87. The van der Waals surface area contributed by atoms with Crippen molar-refractivity contribution in [3.8, 4) is 0 Å². The molecule has 0 aliphatic rings. The Labute approximate surface area is 131 Å². The van der Waals surface area contributed by atoms with Crippen molar-refractivity contribution in [3.63, 3.8) is 0 Å². The van der Waals surface area contributed by atoms with Gasteiger partial charge < -0.3 is 9.84 Å². The fourth-order valence-corrected chi connectivity index (χ4v) is 2.44. The van der Waals surface area contributed by atoms with Crippen molar-refractivity contribution < 1.29 is 27.8 Å². The van der Waals surface area contributed by atoms with Crippen LogP contribution in [0.4, 0.5) is 13.2 Å². The van der Waals surface area contributed by atoms with Gasteiger partial charge in [-0.3, -0.25) is 4.79 Å². The van der Waals surface area contributed by atoms with Crippen LogP contribution in [-0.4, -0.2) is 29.0 Å². The Balaban J connectivity index is 4.96. The van der Waals surface area contributed by atoms with Crippen LogP contribution in [0.15, 0.2) is 0 Å². The number of aliphatic hydroxyl groups is 1. The number of rotatable bonds is 7. The van der Waals surface area contributed by atoms with E-state index in [9.17, 15) is 23.1 Å². The van der Waals surface area contributed by atoms with E-state index in [2.05, 4.69) is 0 Å². The second-order valence-electron chi connectivity index (χ2n) is 7.36. The van der Waals surface area contributed by atoms with E-state index in [0.29, 0.717) is 13.3 Å². The molecule has 0 spiro atoms. The molecule has 0 radical (unpaired) electrons. The number of hydrogen-bond acceptors (Lipinski definition) is 3. The lowest BCUT2D eigenvalue weighted by Gasteiger charge is -2.35. The molecule has 6 heteroatoms. The maximum Gasteiger partial charge on any atom is 0.417 e. The number of hydrogen-bond donors (Lipinski definition) is 1. The Morgan fingerprint density at radius 2 is 1.50 bits per heavy atom. The first-order valence-corrected chi connectivity index (χ1v) is 7.63. The monoisotopic (exact) mass is 326 g/mol. The lowest BCUT2D eigenvalue weighted by Crippen LogP contribution is -2.46. The smallest absolute Gasteiger partial charge is 0.417 e. The molecule has 1 N–H and O–H groups in total. The molecule has 0 saturated carbocycles. The molecule has 0 aromatic heterocycles. The molecule has 0 heterocycles. The van der Waals surface area contributed by atoms with Crippen LogP contribution in [0.2, 0.25) is 0 Å². The average molecular weight is 326 g/mol. The van der Waals surface area contributed by atoms with E-state index in [1.165, 1.54) is 6.92 Å². The molecular formula is C16H29F3O3. The maximum absolute atomic E-state index is 12.7. The number of carbonyl (C=O) groups is 1. The second-order valence-corrected chi connectivity index (χ2v) is 7.36. The van der Waals surface area contributed by atoms with Gasteiger partial charge in [0.25, 0.3) is 0 Å². The van der Waals surface area contributed by atoms with Crippen LogP contribution >= 0.6 is 0 Å². The molecule has 3 atom stereocenters. The van der Waals surface area contributed by atoms with Crippen molar-refractivity contribution in [2.45, 2.75) is 79.2 Å². The van der Waals surface area contributed by atoms with Crippen molar-refractivity contribution in [3.05, 3.63) is 0 Å². The van der Waals surface area contributed by atoms with E-state index in [1.807, 2.05) is 27.7 Å². The molecule has 0 aromatic rings. The highest BCUT2D eigenvalue weighted by Gasteiger charge is 2.51. The van der Waals surface area contributed by atoms with Gasteiger partial charge in [0.2, 0.25) is 0 Å². The van der Waals surface area contributed by atoms with Crippen LogP contribution in [0.3, 0.4) is 0 Å². The predicted molar refractivity (Wildman–Crippen MR) is 79.2 cm³/mol. The van der Waals surface area contributed by atoms with Crippen molar-refractivity contribution in [1.82, 2.24) is 0 Å². The zero-order valence-electron chi connectivity index (χ0n) is 14.5. The van der Waals surface area contributed by atoms with Crippen molar-refractivity contribution in [2.75, 3.05) is 0 Å². The van der Waals surface area contributed by atoms with Gasteiger partial charge in [-0.25, -0.2) is 0 Å². The second kappa shape index (κ2) is 7.20. The molecule has 0 bridgehead atoms. The summed E-state index contributed by atoms with van der Waals surface area (Å²) in [5, 5.41) is 9.48. The van der Waals surface area contributed by atoms with Crippen molar-refractivity contribution >= 4 is 5.97 Å². The largest absolute Gasteiger partial charge is 0.462 e. The van der Waals surface area contributed by atoms with Gasteiger partial charge in [0, 0.05) is 6.42 Å². The first-order valence-electron chi connectivity index (χ1n) is 7.63. The highest BCUT2D eigenvalue weighted by molar-refractivity contribution is 5.76. The molecule has 0 saturated heterocycles. The van der Waals surface area contributed by atoms with Crippen LogP contribution in [0, 0.1) is 17.3 Å². The Morgan fingerprint density at radius 1 is 1.05 bits per heavy atom. The molecule has 0 amide bonds. The van der Waals surface area contributed by atoms with E-state index in [1.54, 1.807) is 6.92 Å². The summed E-state index contributed by atoms with van der Waals surface area (Å²) in [7, 11) is 0. The topological polar surface area (TPSA) is 46.5 Å². The minimum absolute atomic E-state index is 0.00211. The van der Waals surface area contributed by atoms with Gasteiger partial charge in [-0.15, -0.1) is 0 Å².